The largest absolute Gasteiger partial charge is 0.497 e. The minimum Gasteiger partial charge on any atom is -0.497 e. The molecular weight excluding hydrogens is 308 g/mol. The van der Waals surface area contributed by atoms with E-state index < -0.39 is 0 Å². The third kappa shape index (κ3) is 3.24. The molecule has 3 rings (SSSR count). The average Bonchev–Trinajstić information content (AvgIpc) is 3.01. The first-order chi connectivity index (χ1) is 11.1. The monoisotopic (exact) mass is 328 g/mol. The number of ether oxygens (including phenoxy) is 1. The highest BCUT2D eigenvalue weighted by atomic mass is 32.1. The van der Waals surface area contributed by atoms with Gasteiger partial charge in [-0.2, -0.15) is 0 Å². The number of hydrogen-bond donors (Lipinski definition) is 1. The van der Waals surface area contributed by atoms with Gasteiger partial charge in [0.2, 0.25) is 0 Å². The van der Waals surface area contributed by atoms with Gasteiger partial charge in [0, 0.05) is 12.1 Å². The summed E-state index contributed by atoms with van der Waals surface area (Å²) in [5.41, 5.74) is 2.97. The lowest BCUT2D eigenvalue weighted by Gasteiger charge is -2.14. The Kier molecular flexibility index (Phi) is 4.39. The lowest BCUT2D eigenvalue weighted by atomic mass is 10.2. The van der Waals surface area contributed by atoms with Gasteiger partial charge >= 0.3 is 0 Å². The van der Waals surface area contributed by atoms with E-state index in [-0.39, 0.29) is 11.6 Å². The van der Waals surface area contributed by atoms with E-state index in [1.54, 1.807) is 24.5 Å². The fourth-order valence-corrected chi connectivity index (χ4v) is 3.47. The second-order valence-corrected chi connectivity index (χ2v) is 6.68. The summed E-state index contributed by atoms with van der Waals surface area (Å²) < 4.78 is 8.11. The standard InChI is InChI=1S/C18H20N2O2S/c1-12(2)19-15-10-17(21)20(16-8-9-23-18(15)16)11-13-4-6-14(22-3)7-5-13/h4-10,12,19H,11H2,1-3H3. The van der Waals surface area contributed by atoms with Crippen molar-refractivity contribution in [2.24, 2.45) is 0 Å². The van der Waals surface area contributed by atoms with Crippen LogP contribution in [0.15, 0.2) is 46.6 Å². The van der Waals surface area contributed by atoms with Crippen molar-refractivity contribution < 1.29 is 4.74 Å². The maximum Gasteiger partial charge on any atom is 0.253 e. The predicted octanol–water partition coefficient (Wildman–Crippen LogP) is 3.94. The highest BCUT2D eigenvalue weighted by Crippen LogP contribution is 2.28. The number of thiophene rings is 1. The van der Waals surface area contributed by atoms with Crippen LogP contribution in [0.25, 0.3) is 10.2 Å². The van der Waals surface area contributed by atoms with E-state index in [0.717, 1.165) is 27.2 Å². The van der Waals surface area contributed by atoms with Crippen LogP contribution in [-0.2, 0) is 6.54 Å². The molecule has 120 valence electrons. The van der Waals surface area contributed by atoms with Gasteiger partial charge in [-0.1, -0.05) is 12.1 Å². The Labute approximate surface area is 139 Å². The van der Waals surface area contributed by atoms with Crippen molar-refractivity contribution in [2.45, 2.75) is 26.4 Å². The Balaban J connectivity index is 2.02. The van der Waals surface area contributed by atoms with Crippen molar-refractivity contribution >= 4 is 27.2 Å². The summed E-state index contributed by atoms with van der Waals surface area (Å²) in [4.78, 5) is 12.6. The summed E-state index contributed by atoms with van der Waals surface area (Å²) >= 11 is 1.65. The van der Waals surface area contributed by atoms with Crippen LogP contribution in [-0.4, -0.2) is 17.7 Å². The highest BCUT2D eigenvalue weighted by Gasteiger charge is 2.11. The number of anilines is 1. The number of fused-ring (bicyclic) bond motifs is 1. The van der Waals surface area contributed by atoms with Gasteiger partial charge in [0.25, 0.3) is 5.56 Å². The minimum atomic E-state index is 0.00914. The molecule has 0 aliphatic heterocycles. The molecule has 0 saturated heterocycles. The maximum atomic E-state index is 12.6. The minimum absolute atomic E-state index is 0.00914. The fraction of sp³-hybridized carbons (Fsp3) is 0.278. The molecule has 0 bridgehead atoms. The van der Waals surface area contributed by atoms with Crippen LogP contribution < -0.4 is 15.6 Å². The molecule has 5 heteroatoms. The van der Waals surface area contributed by atoms with Gasteiger partial charge in [-0.3, -0.25) is 4.79 Å². The van der Waals surface area contributed by atoms with Crippen molar-refractivity contribution in [1.29, 1.82) is 0 Å². The van der Waals surface area contributed by atoms with E-state index in [1.807, 2.05) is 40.3 Å². The molecule has 0 atom stereocenters. The molecule has 4 nitrogen and oxygen atoms in total. The first-order valence-corrected chi connectivity index (χ1v) is 8.47. The molecule has 2 aromatic heterocycles. The number of rotatable bonds is 5. The van der Waals surface area contributed by atoms with Crippen molar-refractivity contribution in [3.8, 4) is 5.75 Å². The van der Waals surface area contributed by atoms with E-state index in [9.17, 15) is 4.79 Å². The van der Waals surface area contributed by atoms with Crippen LogP contribution in [0, 0.1) is 0 Å². The maximum absolute atomic E-state index is 12.6. The number of benzene rings is 1. The Hall–Kier alpha value is -2.27. The van der Waals surface area contributed by atoms with Crippen LogP contribution >= 0.6 is 11.3 Å². The molecule has 0 radical (unpaired) electrons. The van der Waals surface area contributed by atoms with Gasteiger partial charge in [-0.25, -0.2) is 0 Å². The summed E-state index contributed by atoms with van der Waals surface area (Å²) in [6.45, 7) is 4.70. The molecule has 23 heavy (non-hydrogen) atoms. The Morgan fingerprint density at radius 1 is 1.22 bits per heavy atom. The lowest BCUT2D eigenvalue weighted by Crippen LogP contribution is -2.22. The van der Waals surface area contributed by atoms with Crippen LogP contribution in [0.2, 0.25) is 0 Å². The third-order valence-electron chi connectivity index (χ3n) is 3.66. The van der Waals surface area contributed by atoms with Gasteiger partial charge in [0.15, 0.2) is 0 Å². The lowest BCUT2D eigenvalue weighted by molar-refractivity contribution is 0.414. The SMILES string of the molecule is COc1ccc(Cn2c(=O)cc(NC(C)C)c3sccc32)cc1. The molecule has 3 aromatic rings. The van der Waals surface area contributed by atoms with E-state index in [2.05, 4.69) is 19.2 Å². The molecule has 0 aliphatic rings. The molecule has 0 aliphatic carbocycles. The molecule has 2 heterocycles. The molecule has 0 unspecified atom stereocenters. The van der Waals surface area contributed by atoms with Gasteiger partial charge < -0.3 is 14.6 Å². The van der Waals surface area contributed by atoms with Gasteiger partial charge in [-0.05, 0) is 43.0 Å². The summed E-state index contributed by atoms with van der Waals surface area (Å²) in [6.07, 6.45) is 0. The van der Waals surface area contributed by atoms with Crippen molar-refractivity contribution in [1.82, 2.24) is 4.57 Å². The van der Waals surface area contributed by atoms with Crippen molar-refractivity contribution in [3.05, 3.63) is 57.7 Å². The number of hydrogen-bond acceptors (Lipinski definition) is 4. The molecule has 0 saturated carbocycles. The van der Waals surface area contributed by atoms with Gasteiger partial charge in [-0.15, -0.1) is 11.3 Å². The molecule has 1 N–H and O–H groups in total. The number of nitrogens with one attached hydrogen (secondary N) is 1. The van der Waals surface area contributed by atoms with E-state index >= 15 is 0 Å². The predicted molar refractivity (Wildman–Crippen MR) is 96.9 cm³/mol. The molecular formula is C18H20N2O2S. The first kappa shape index (κ1) is 15.6. The molecule has 1 aromatic carbocycles. The summed E-state index contributed by atoms with van der Waals surface area (Å²) in [5, 5.41) is 5.39. The van der Waals surface area contributed by atoms with E-state index in [4.69, 9.17) is 4.74 Å². The van der Waals surface area contributed by atoms with Crippen LogP contribution in [0.3, 0.4) is 0 Å². The first-order valence-electron chi connectivity index (χ1n) is 7.59. The van der Waals surface area contributed by atoms with Crippen LogP contribution in [0.1, 0.15) is 19.4 Å². The Bertz CT molecular complexity index is 863. The Morgan fingerprint density at radius 2 is 1.96 bits per heavy atom. The van der Waals surface area contributed by atoms with Crippen LogP contribution in [0.5, 0.6) is 5.75 Å². The van der Waals surface area contributed by atoms with Crippen molar-refractivity contribution in [2.75, 3.05) is 12.4 Å². The smallest absolute Gasteiger partial charge is 0.253 e. The summed E-state index contributed by atoms with van der Waals surface area (Å²) in [6, 6.07) is 11.8. The van der Waals surface area contributed by atoms with E-state index in [1.165, 1.54) is 0 Å². The topological polar surface area (TPSA) is 43.3 Å². The zero-order chi connectivity index (χ0) is 16.4. The number of pyridine rings is 1. The van der Waals surface area contributed by atoms with E-state index in [0.29, 0.717) is 6.54 Å². The van der Waals surface area contributed by atoms with Crippen LogP contribution in [0.4, 0.5) is 5.69 Å². The number of nitrogens with zero attached hydrogens (tertiary/aromatic N) is 1. The fourth-order valence-electron chi connectivity index (χ4n) is 2.60. The molecule has 0 fully saturated rings. The van der Waals surface area contributed by atoms with Crippen molar-refractivity contribution in [3.63, 3.8) is 0 Å². The number of methoxy groups -OCH3 is 1. The zero-order valence-corrected chi connectivity index (χ0v) is 14.3. The normalized spacial score (nSPS) is 11.1. The number of aromatic nitrogens is 1. The summed E-state index contributed by atoms with van der Waals surface area (Å²) in [7, 11) is 1.65. The molecule has 0 spiro atoms. The second-order valence-electron chi connectivity index (χ2n) is 5.76. The average molecular weight is 328 g/mol. The quantitative estimate of drug-likeness (QED) is 0.771. The van der Waals surface area contributed by atoms with Gasteiger partial charge in [0.1, 0.15) is 5.75 Å². The second kappa shape index (κ2) is 6.46. The third-order valence-corrected chi connectivity index (χ3v) is 4.59. The Morgan fingerprint density at radius 3 is 2.61 bits per heavy atom. The molecule has 0 amide bonds. The zero-order valence-electron chi connectivity index (χ0n) is 13.5. The van der Waals surface area contributed by atoms with Gasteiger partial charge in [0.05, 0.1) is 29.6 Å². The highest BCUT2D eigenvalue weighted by molar-refractivity contribution is 7.17. The summed E-state index contributed by atoms with van der Waals surface area (Å²) in [5.74, 6) is 0.818.